The van der Waals surface area contributed by atoms with Gasteiger partial charge >= 0.3 is 0 Å². The zero-order valence-electron chi connectivity index (χ0n) is 12.2. The lowest BCUT2D eigenvalue weighted by Gasteiger charge is -2.15. The van der Waals surface area contributed by atoms with Crippen LogP contribution in [0, 0.1) is 5.92 Å². The van der Waals surface area contributed by atoms with E-state index >= 15 is 0 Å². The largest absolute Gasteiger partial charge is 0.271 e. The molecule has 2 nitrogen and oxygen atoms in total. The van der Waals surface area contributed by atoms with Crippen molar-refractivity contribution in [3.05, 3.63) is 50.2 Å². The maximum Gasteiger partial charge on any atom is 0.0766 e. The SMILES string of the molecule is CCc1nn(C)c(CC(CCl)Cc2cccc(Br)c2)c1Br. The fourth-order valence-corrected chi connectivity index (χ4v) is 3.94. The zero-order chi connectivity index (χ0) is 15.4. The van der Waals surface area contributed by atoms with E-state index in [4.69, 9.17) is 11.6 Å². The number of nitrogens with zero attached hydrogens (tertiary/aromatic N) is 2. The summed E-state index contributed by atoms with van der Waals surface area (Å²) in [5.41, 5.74) is 3.65. The monoisotopic (exact) mass is 432 g/mol. The van der Waals surface area contributed by atoms with Crippen LogP contribution in [0.2, 0.25) is 0 Å². The summed E-state index contributed by atoms with van der Waals surface area (Å²) in [6.45, 7) is 2.12. The molecule has 1 unspecified atom stereocenters. The number of benzene rings is 1. The molecule has 0 saturated carbocycles. The number of rotatable bonds is 6. The van der Waals surface area contributed by atoms with Crippen LogP contribution in [0.4, 0.5) is 0 Å². The fourth-order valence-electron chi connectivity index (χ4n) is 2.49. The van der Waals surface area contributed by atoms with Crippen molar-refractivity contribution in [3.8, 4) is 0 Å². The first kappa shape index (κ1) is 17.0. The van der Waals surface area contributed by atoms with Gasteiger partial charge in [-0.25, -0.2) is 0 Å². The summed E-state index contributed by atoms with van der Waals surface area (Å²) in [5, 5.41) is 4.56. The van der Waals surface area contributed by atoms with Crippen molar-refractivity contribution < 1.29 is 0 Å². The Hall–Kier alpha value is -0.320. The average molecular weight is 435 g/mol. The van der Waals surface area contributed by atoms with Crippen LogP contribution in [-0.2, 0) is 26.3 Å². The van der Waals surface area contributed by atoms with Crippen molar-refractivity contribution in [3.63, 3.8) is 0 Å². The molecule has 0 aliphatic rings. The summed E-state index contributed by atoms with van der Waals surface area (Å²) in [4.78, 5) is 0. The summed E-state index contributed by atoms with van der Waals surface area (Å²) in [6.07, 6.45) is 2.84. The Morgan fingerprint density at radius 1 is 1.29 bits per heavy atom. The first-order chi connectivity index (χ1) is 10.0. The molecule has 21 heavy (non-hydrogen) atoms. The van der Waals surface area contributed by atoms with Crippen molar-refractivity contribution in [2.45, 2.75) is 26.2 Å². The van der Waals surface area contributed by atoms with E-state index in [-0.39, 0.29) is 0 Å². The molecule has 0 aliphatic carbocycles. The van der Waals surface area contributed by atoms with Gasteiger partial charge < -0.3 is 0 Å². The summed E-state index contributed by atoms with van der Waals surface area (Å²) < 4.78 is 4.23. The molecule has 1 atom stereocenters. The summed E-state index contributed by atoms with van der Waals surface area (Å²) >= 11 is 13.4. The highest BCUT2D eigenvalue weighted by Crippen LogP contribution is 2.26. The van der Waals surface area contributed by atoms with E-state index in [1.165, 1.54) is 11.3 Å². The van der Waals surface area contributed by atoms with E-state index in [1.54, 1.807) is 0 Å². The van der Waals surface area contributed by atoms with Crippen LogP contribution in [0.15, 0.2) is 33.2 Å². The first-order valence-electron chi connectivity index (χ1n) is 7.05. The van der Waals surface area contributed by atoms with Crippen molar-refractivity contribution in [1.29, 1.82) is 0 Å². The van der Waals surface area contributed by atoms with E-state index < -0.39 is 0 Å². The molecule has 0 amide bonds. The van der Waals surface area contributed by atoms with Crippen molar-refractivity contribution in [1.82, 2.24) is 9.78 Å². The van der Waals surface area contributed by atoms with Gasteiger partial charge in [0.1, 0.15) is 0 Å². The van der Waals surface area contributed by atoms with Crippen LogP contribution >= 0.6 is 43.5 Å². The number of halogens is 3. The molecule has 1 aromatic carbocycles. The zero-order valence-corrected chi connectivity index (χ0v) is 16.2. The number of hydrogen-bond acceptors (Lipinski definition) is 1. The number of alkyl halides is 1. The van der Waals surface area contributed by atoms with Crippen LogP contribution in [0.3, 0.4) is 0 Å². The molecule has 1 heterocycles. The normalized spacial score (nSPS) is 12.6. The second kappa shape index (κ2) is 7.80. The minimum atomic E-state index is 0.400. The minimum absolute atomic E-state index is 0.400. The van der Waals surface area contributed by atoms with Gasteiger partial charge in [0, 0.05) is 17.4 Å². The van der Waals surface area contributed by atoms with Crippen molar-refractivity contribution in [2.24, 2.45) is 13.0 Å². The standard InChI is InChI=1S/C16H19Br2ClN2/c1-3-14-16(18)15(21(2)20-14)9-12(10-19)7-11-5-4-6-13(17)8-11/h4-6,8,12H,3,7,9-10H2,1-2H3. The van der Waals surface area contributed by atoms with Gasteiger partial charge in [0.15, 0.2) is 0 Å². The Morgan fingerprint density at radius 2 is 2.05 bits per heavy atom. The molecular weight excluding hydrogens is 415 g/mol. The lowest BCUT2D eigenvalue weighted by Crippen LogP contribution is -2.13. The molecule has 0 fully saturated rings. The van der Waals surface area contributed by atoms with Crippen LogP contribution in [0.25, 0.3) is 0 Å². The molecule has 0 aliphatic heterocycles. The van der Waals surface area contributed by atoms with Gasteiger partial charge in [0.25, 0.3) is 0 Å². The Balaban J connectivity index is 2.14. The minimum Gasteiger partial charge on any atom is -0.271 e. The third-order valence-corrected chi connectivity index (χ3v) is 5.46. The number of hydrogen-bond donors (Lipinski definition) is 0. The van der Waals surface area contributed by atoms with Crippen molar-refractivity contribution in [2.75, 3.05) is 5.88 Å². The van der Waals surface area contributed by atoms with Gasteiger partial charge in [0.2, 0.25) is 0 Å². The fraction of sp³-hybridized carbons (Fsp3) is 0.438. The van der Waals surface area contributed by atoms with Gasteiger partial charge in [-0.1, -0.05) is 35.0 Å². The molecule has 114 valence electrons. The molecule has 0 bridgehead atoms. The van der Waals surface area contributed by atoms with Gasteiger partial charge in [-0.05, 0) is 58.8 Å². The molecule has 2 rings (SSSR count). The third kappa shape index (κ3) is 4.33. The van der Waals surface area contributed by atoms with Crippen LogP contribution < -0.4 is 0 Å². The van der Waals surface area contributed by atoms with Crippen LogP contribution in [-0.4, -0.2) is 15.7 Å². The summed E-state index contributed by atoms with van der Waals surface area (Å²) in [7, 11) is 2.00. The van der Waals surface area contributed by atoms with Crippen molar-refractivity contribution >= 4 is 43.5 Å². The Bertz CT molecular complexity index is 610. The quantitative estimate of drug-likeness (QED) is 0.575. The maximum absolute atomic E-state index is 6.20. The number of aromatic nitrogens is 2. The Kier molecular flexibility index (Phi) is 6.33. The van der Waals surface area contributed by atoms with E-state index in [2.05, 4.69) is 62.1 Å². The number of aryl methyl sites for hydroxylation is 2. The highest BCUT2D eigenvalue weighted by molar-refractivity contribution is 9.10. The predicted octanol–water partition coefficient (Wildman–Crippen LogP) is 5.15. The third-order valence-electron chi connectivity index (χ3n) is 3.62. The predicted molar refractivity (Wildman–Crippen MR) is 96.0 cm³/mol. The second-order valence-corrected chi connectivity index (χ2v) is 7.26. The van der Waals surface area contributed by atoms with Gasteiger partial charge in [-0.2, -0.15) is 5.10 Å². The van der Waals surface area contributed by atoms with E-state index in [0.717, 1.165) is 33.9 Å². The van der Waals surface area contributed by atoms with Gasteiger partial charge in [0.05, 0.1) is 15.9 Å². The van der Waals surface area contributed by atoms with Crippen LogP contribution in [0.1, 0.15) is 23.9 Å². The van der Waals surface area contributed by atoms with Gasteiger partial charge in [-0.15, -0.1) is 11.6 Å². The topological polar surface area (TPSA) is 17.8 Å². The summed E-state index contributed by atoms with van der Waals surface area (Å²) in [5.74, 6) is 1.04. The molecule has 5 heteroatoms. The van der Waals surface area contributed by atoms with E-state index in [9.17, 15) is 0 Å². The molecule has 1 aromatic heterocycles. The van der Waals surface area contributed by atoms with Crippen LogP contribution in [0.5, 0.6) is 0 Å². The smallest absolute Gasteiger partial charge is 0.0766 e. The summed E-state index contributed by atoms with van der Waals surface area (Å²) in [6, 6.07) is 8.43. The molecule has 0 radical (unpaired) electrons. The Morgan fingerprint density at radius 3 is 2.62 bits per heavy atom. The van der Waals surface area contributed by atoms with Gasteiger partial charge in [-0.3, -0.25) is 4.68 Å². The average Bonchev–Trinajstić information content (AvgIpc) is 2.73. The molecule has 0 spiro atoms. The lowest BCUT2D eigenvalue weighted by atomic mass is 9.96. The molecule has 0 N–H and O–H groups in total. The first-order valence-corrected chi connectivity index (χ1v) is 9.17. The maximum atomic E-state index is 6.20. The Labute approximate surface area is 148 Å². The highest BCUT2D eigenvalue weighted by atomic mass is 79.9. The lowest BCUT2D eigenvalue weighted by molar-refractivity contribution is 0.550. The molecule has 0 saturated heterocycles. The van der Waals surface area contributed by atoms with E-state index in [1.807, 2.05) is 17.8 Å². The molecular formula is C16H19Br2ClN2. The van der Waals surface area contributed by atoms with E-state index in [0.29, 0.717) is 11.8 Å². The molecule has 2 aromatic rings. The highest BCUT2D eigenvalue weighted by Gasteiger charge is 2.17. The second-order valence-electron chi connectivity index (χ2n) is 5.24.